The van der Waals surface area contributed by atoms with Crippen LogP contribution < -0.4 is 4.74 Å². The smallest absolute Gasteiger partial charge is 0.148 e. The molecule has 6 rings (SSSR count). The van der Waals surface area contributed by atoms with Gasteiger partial charge in [-0.1, -0.05) is 23.4 Å². The first-order valence-electron chi connectivity index (χ1n) is 12.0. The molecule has 2 fully saturated rings. The number of aromatic nitrogens is 2. The third kappa shape index (κ3) is 4.05. The second-order valence-corrected chi connectivity index (χ2v) is 9.97. The number of imidazole rings is 1. The number of methoxy groups -OCH3 is 1. The van der Waals surface area contributed by atoms with Crippen LogP contribution >= 0.6 is 0 Å². The van der Waals surface area contributed by atoms with Crippen molar-refractivity contribution in [3.63, 3.8) is 0 Å². The Hall–Kier alpha value is -3.39. The lowest BCUT2D eigenvalue weighted by molar-refractivity contribution is -0.145. The fourth-order valence-corrected chi connectivity index (χ4v) is 5.64. The number of aryl methyl sites for hydroxylation is 1. The summed E-state index contributed by atoms with van der Waals surface area (Å²) in [6.07, 6.45) is 5.60. The fourth-order valence-electron chi connectivity index (χ4n) is 5.64. The van der Waals surface area contributed by atoms with Crippen molar-refractivity contribution in [1.29, 1.82) is 0 Å². The van der Waals surface area contributed by atoms with E-state index in [1.807, 2.05) is 29.8 Å². The van der Waals surface area contributed by atoms with E-state index >= 15 is 0 Å². The zero-order valence-corrected chi connectivity index (χ0v) is 20.0. The average Bonchev–Trinajstić information content (AvgIpc) is 3.29. The molecule has 0 aliphatic carbocycles. The van der Waals surface area contributed by atoms with Gasteiger partial charge in [0.05, 0.1) is 44.1 Å². The van der Waals surface area contributed by atoms with Gasteiger partial charge in [0.2, 0.25) is 0 Å². The van der Waals surface area contributed by atoms with E-state index in [9.17, 15) is 4.39 Å². The molecule has 0 amide bonds. The molecule has 35 heavy (non-hydrogen) atoms. The maximum atomic E-state index is 13.6. The minimum atomic E-state index is -0.233. The zero-order chi connectivity index (χ0) is 24.0. The standard InChI is InChI=1S/C27H29FN4O3/c1-18-12-31(17-29-18)23-8-3-19(10-25(23)33-2)9-21-11-27(15-34-16-27)14-32-24(13-35-30-26(21)32)20-4-6-22(28)7-5-20/h3-8,10,12,17,21,24H,9,11,13-16H2,1-2H3. The van der Waals surface area contributed by atoms with Crippen LogP contribution in [-0.4, -0.2) is 53.8 Å². The third-order valence-corrected chi connectivity index (χ3v) is 7.40. The monoisotopic (exact) mass is 476 g/mol. The van der Waals surface area contributed by atoms with Crippen LogP contribution in [0.15, 0.2) is 60.1 Å². The van der Waals surface area contributed by atoms with E-state index in [1.54, 1.807) is 13.4 Å². The Morgan fingerprint density at radius 3 is 2.69 bits per heavy atom. The van der Waals surface area contributed by atoms with Gasteiger partial charge in [0.1, 0.15) is 24.0 Å². The number of hydrogen-bond acceptors (Lipinski definition) is 6. The van der Waals surface area contributed by atoms with E-state index in [2.05, 4.69) is 33.2 Å². The molecule has 0 bridgehead atoms. The number of ether oxygens (including phenoxy) is 2. The summed E-state index contributed by atoms with van der Waals surface area (Å²) in [5, 5.41) is 4.54. The summed E-state index contributed by atoms with van der Waals surface area (Å²) < 4.78 is 27.0. The van der Waals surface area contributed by atoms with Gasteiger partial charge in [-0.05, 0) is 55.2 Å². The number of fused-ring (bicyclic) bond motifs is 1. The molecule has 2 saturated heterocycles. The lowest BCUT2D eigenvalue weighted by atomic mass is 9.71. The molecule has 0 N–H and O–H groups in total. The second kappa shape index (κ2) is 8.68. The van der Waals surface area contributed by atoms with Crippen LogP contribution in [0.25, 0.3) is 5.69 Å². The Labute approximate surface area is 204 Å². The van der Waals surface area contributed by atoms with Crippen molar-refractivity contribution < 1.29 is 18.7 Å². The Balaban J connectivity index is 1.30. The number of amidine groups is 1. The number of nitrogens with zero attached hydrogens (tertiary/aromatic N) is 4. The highest BCUT2D eigenvalue weighted by Crippen LogP contribution is 2.45. The van der Waals surface area contributed by atoms with Crippen LogP contribution in [0.2, 0.25) is 0 Å². The molecule has 3 aliphatic heterocycles. The molecule has 3 aromatic rings. The van der Waals surface area contributed by atoms with Crippen LogP contribution in [0.3, 0.4) is 0 Å². The van der Waals surface area contributed by atoms with Gasteiger partial charge in [0, 0.05) is 24.1 Å². The largest absolute Gasteiger partial charge is 0.495 e. The van der Waals surface area contributed by atoms with Crippen molar-refractivity contribution >= 4 is 5.84 Å². The molecule has 1 spiro atoms. The molecular weight excluding hydrogens is 447 g/mol. The minimum absolute atomic E-state index is 0.00441. The third-order valence-electron chi connectivity index (χ3n) is 7.40. The summed E-state index contributed by atoms with van der Waals surface area (Å²) in [5.74, 6) is 1.72. The topological polar surface area (TPSA) is 61.1 Å². The highest BCUT2D eigenvalue weighted by Gasteiger charge is 2.50. The molecule has 0 radical (unpaired) electrons. The van der Waals surface area contributed by atoms with Gasteiger partial charge in [-0.2, -0.15) is 0 Å². The van der Waals surface area contributed by atoms with Gasteiger partial charge in [-0.3, -0.25) is 0 Å². The van der Waals surface area contributed by atoms with Gasteiger partial charge >= 0.3 is 0 Å². The SMILES string of the molecule is COc1cc(CC2CC3(COC3)CN3C2=NOCC3c2ccc(F)cc2)ccc1-n1cnc(C)c1. The quantitative estimate of drug-likeness (QED) is 0.550. The van der Waals surface area contributed by atoms with E-state index in [4.69, 9.17) is 14.3 Å². The fraction of sp³-hybridized carbons (Fsp3) is 0.407. The summed E-state index contributed by atoms with van der Waals surface area (Å²) in [7, 11) is 1.70. The van der Waals surface area contributed by atoms with Crippen molar-refractivity contribution in [1.82, 2.24) is 14.5 Å². The highest BCUT2D eigenvalue weighted by molar-refractivity contribution is 5.86. The van der Waals surface area contributed by atoms with Crippen LogP contribution in [0, 0.1) is 24.1 Å². The number of piperidine rings is 1. The van der Waals surface area contributed by atoms with E-state index in [0.717, 1.165) is 61.1 Å². The maximum absolute atomic E-state index is 13.6. The number of oxime groups is 1. The Bertz CT molecular complexity index is 1250. The predicted octanol–water partition coefficient (Wildman–Crippen LogP) is 4.29. The van der Waals surface area contributed by atoms with Crippen LogP contribution in [0.1, 0.15) is 29.3 Å². The molecular formula is C27H29FN4O3. The van der Waals surface area contributed by atoms with Gasteiger partial charge in [0.25, 0.3) is 0 Å². The molecule has 8 heteroatoms. The van der Waals surface area contributed by atoms with Crippen molar-refractivity contribution in [2.45, 2.75) is 25.8 Å². The van der Waals surface area contributed by atoms with Crippen LogP contribution in [0.5, 0.6) is 5.75 Å². The molecule has 7 nitrogen and oxygen atoms in total. The lowest BCUT2D eigenvalue weighted by Crippen LogP contribution is -2.61. The van der Waals surface area contributed by atoms with E-state index in [-0.39, 0.29) is 23.2 Å². The van der Waals surface area contributed by atoms with Crippen LogP contribution in [0.4, 0.5) is 4.39 Å². The summed E-state index contributed by atoms with van der Waals surface area (Å²) in [6.45, 7) is 4.80. The van der Waals surface area contributed by atoms with Crippen molar-refractivity contribution in [2.75, 3.05) is 33.5 Å². The Morgan fingerprint density at radius 1 is 1.17 bits per heavy atom. The first kappa shape index (κ1) is 22.1. The summed E-state index contributed by atoms with van der Waals surface area (Å²) >= 11 is 0. The molecule has 2 atom stereocenters. The predicted molar refractivity (Wildman–Crippen MR) is 129 cm³/mol. The molecule has 2 aromatic carbocycles. The maximum Gasteiger partial charge on any atom is 0.148 e. The molecule has 182 valence electrons. The first-order chi connectivity index (χ1) is 17.0. The normalized spacial score (nSPS) is 22.7. The first-order valence-corrected chi connectivity index (χ1v) is 12.0. The Kier molecular flexibility index (Phi) is 5.48. The van der Waals surface area contributed by atoms with Crippen molar-refractivity contribution in [3.8, 4) is 11.4 Å². The van der Waals surface area contributed by atoms with Gasteiger partial charge in [0.15, 0.2) is 0 Å². The second-order valence-electron chi connectivity index (χ2n) is 9.97. The minimum Gasteiger partial charge on any atom is -0.495 e. The molecule has 1 aromatic heterocycles. The molecule has 3 aliphatic rings. The van der Waals surface area contributed by atoms with Crippen molar-refractivity contribution in [2.24, 2.45) is 16.5 Å². The van der Waals surface area contributed by atoms with E-state index in [0.29, 0.717) is 6.61 Å². The summed E-state index contributed by atoms with van der Waals surface area (Å²) in [4.78, 5) is 12.4. The molecule has 0 saturated carbocycles. The number of hydrogen-bond donors (Lipinski definition) is 0. The Morgan fingerprint density at radius 2 is 2.00 bits per heavy atom. The zero-order valence-electron chi connectivity index (χ0n) is 20.0. The van der Waals surface area contributed by atoms with E-state index in [1.165, 1.54) is 17.7 Å². The van der Waals surface area contributed by atoms with E-state index < -0.39 is 0 Å². The van der Waals surface area contributed by atoms with Crippen LogP contribution in [-0.2, 0) is 16.0 Å². The summed E-state index contributed by atoms with van der Waals surface area (Å²) in [6, 6.07) is 13.1. The summed E-state index contributed by atoms with van der Waals surface area (Å²) in [5.41, 5.74) is 4.24. The van der Waals surface area contributed by atoms with Gasteiger partial charge < -0.3 is 23.8 Å². The average molecular weight is 477 g/mol. The van der Waals surface area contributed by atoms with Gasteiger partial charge in [-0.25, -0.2) is 9.37 Å². The van der Waals surface area contributed by atoms with Crippen molar-refractivity contribution in [3.05, 3.63) is 77.6 Å². The molecule has 2 unspecified atom stereocenters. The number of benzene rings is 2. The van der Waals surface area contributed by atoms with Gasteiger partial charge in [-0.15, -0.1) is 0 Å². The lowest BCUT2D eigenvalue weighted by Gasteiger charge is -2.54. The number of halogens is 1. The number of rotatable bonds is 5. The highest BCUT2D eigenvalue weighted by atomic mass is 19.1. The molecule has 4 heterocycles.